The molecule has 10 heteroatoms. The lowest BCUT2D eigenvalue weighted by Crippen LogP contribution is -2.37. The zero-order valence-electron chi connectivity index (χ0n) is 17.2. The smallest absolute Gasteiger partial charge is 0.417 e. The zero-order valence-corrected chi connectivity index (χ0v) is 18.0. The highest BCUT2D eigenvalue weighted by atomic mass is 35.5. The highest BCUT2D eigenvalue weighted by Gasteiger charge is 2.33. The summed E-state index contributed by atoms with van der Waals surface area (Å²) in [5, 5.41) is -0.426. The van der Waals surface area contributed by atoms with E-state index in [4.69, 9.17) is 32.5 Å². The van der Waals surface area contributed by atoms with Gasteiger partial charge in [-0.25, -0.2) is 9.97 Å². The van der Waals surface area contributed by atoms with Crippen LogP contribution in [0.5, 0.6) is 0 Å². The van der Waals surface area contributed by atoms with Gasteiger partial charge in [0, 0.05) is 5.56 Å². The van der Waals surface area contributed by atoms with Gasteiger partial charge in [-0.05, 0) is 36.6 Å². The standard InChI is InChI=1S/C23H20ClF3N4O2/c24-16-8-14(6-7-15(16)23(25,26)27)17-9-18(31-12-30-17)21(28)22(29)20-11-32-10-19(33-20)13-4-2-1-3-5-13/h1-2,4,6-12,21-22H,3,5,28-29H2. The van der Waals surface area contributed by atoms with Crippen molar-refractivity contribution in [1.29, 1.82) is 0 Å². The van der Waals surface area contributed by atoms with Crippen LogP contribution in [0, 0.1) is 0 Å². The lowest BCUT2D eigenvalue weighted by atomic mass is 10.0. The predicted octanol–water partition coefficient (Wildman–Crippen LogP) is 5.15. The van der Waals surface area contributed by atoms with Crippen molar-refractivity contribution < 1.29 is 22.6 Å². The number of benzene rings is 1. The monoisotopic (exact) mass is 476 g/mol. The number of alkyl halides is 3. The molecule has 1 aromatic heterocycles. The first-order valence-corrected chi connectivity index (χ1v) is 10.4. The molecule has 0 saturated carbocycles. The minimum atomic E-state index is -4.55. The first kappa shape index (κ1) is 23.0. The summed E-state index contributed by atoms with van der Waals surface area (Å²) in [6, 6.07) is 3.35. The summed E-state index contributed by atoms with van der Waals surface area (Å²) >= 11 is 5.84. The number of aromatic nitrogens is 2. The van der Waals surface area contributed by atoms with Gasteiger partial charge in [-0.1, -0.05) is 35.9 Å². The van der Waals surface area contributed by atoms with Gasteiger partial charge in [0.05, 0.1) is 34.1 Å². The molecule has 2 aliphatic rings. The molecule has 4 N–H and O–H groups in total. The van der Waals surface area contributed by atoms with E-state index < -0.39 is 28.8 Å². The third-order valence-electron chi connectivity index (χ3n) is 5.23. The van der Waals surface area contributed by atoms with E-state index in [2.05, 4.69) is 16.0 Å². The predicted molar refractivity (Wildman–Crippen MR) is 117 cm³/mol. The Balaban J connectivity index is 1.52. The Hall–Kier alpha value is -3.14. The maximum atomic E-state index is 13.0. The van der Waals surface area contributed by atoms with Crippen LogP contribution < -0.4 is 11.5 Å². The first-order valence-electron chi connectivity index (χ1n) is 10.0. The van der Waals surface area contributed by atoms with Gasteiger partial charge in [-0.3, -0.25) is 0 Å². The van der Waals surface area contributed by atoms with Crippen LogP contribution in [0.1, 0.15) is 30.1 Å². The number of allylic oxidation sites excluding steroid dienone is 4. The largest absolute Gasteiger partial charge is 0.465 e. The van der Waals surface area contributed by atoms with Crippen LogP contribution >= 0.6 is 11.6 Å². The van der Waals surface area contributed by atoms with Crippen LogP contribution in [0.3, 0.4) is 0 Å². The molecule has 1 aromatic carbocycles. The number of nitrogens with zero attached hydrogens (tertiary/aromatic N) is 2. The highest BCUT2D eigenvalue weighted by molar-refractivity contribution is 6.31. The zero-order chi connectivity index (χ0) is 23.6. The van der Waals surface area contributed by atoms with Gasteiger partial charge in [0.2, 0.25) is 0 Å². The number of ether oxygens (including phenoxy) is 2. The van der Waals surface area contributed by atoms with Crippen molar-refractivity contribution in [3.63, 3.8) is 0 Å². The Morgan fingerprint density at radius 2 is 1.88 bits per heavy atom. The average molecular weight is 477 g/mol. The van der Waals surface area contributed by atoms with Gasteiger partial charge in [0.25, 0.3) is 0 Å². The number of nitrogens with two attached hydrogens (primary N) is 2. The van der Waals surface area contributed by atoms with Crippen molar-refractivity contribution in [2.75, 3.05) is 0 Å². The van der Waals surface area contributed by atoms with Gasteiger partial charge in [0.1, 0.15) is 18.9 Å². The van der Waals surface area contributed by atoms with E-state index in [0.717, 1.165) is 24.5 Å². The van der Waals surface area contributed by atoms with Gasteiger partial charge in [-0.2, -0.15) is 13.2 Å². The van der Waals surface area contributed by atoms with Gasteiger partial charge in [-0.15, -0.1) is 0 Å². The topological polar surface area (TPSA) is 96.3 Å². The summed E-state index contributed by atoms with van der Waals surface area (Å²) in [5.74, 6) is 0.885. The fourth-order valence-corrected chi connectivity index (χ4v) is 3.70. The molecule has 2 atom stereocenters. The summed E-state index contributed by atoms with van der Waals surface area (Å²) < 4.78 is 50.3. The second-order valence-electron chi connectivity index (χ2n) is 7.47. The van der Waals surface area contributed by atoms with Crippen molar-refractivity contribution in [3.8, 4) is 11.3 Å². The van der Waals surface area contributed by atoms with Crippen LogP contribution in [0.4, 0.5) is 13.2 Å². The second-order valence-corrected chi connectivity index (χ2v) is 7.88. The summed E-state index contributed by atoms with van der Waals surface area (Å²) in [4.78, 5) is 8.31. The Labute approximate surface area is 193 Å². The molecule has 0 bridgehead atoms. The lowest BCUT2D eigenvalue weighted by molar-refractivity contribution is -0.137. The Morgan fingerprint density at radius 1 is 1.06 bits per heavy atom. The van der Waals surface area contributed by atoms with Crippen molar-refractivity contribution >= 4 is 11.6 Å². The van der Waals surface area contributed by atoms with E-state index in [0.29, 0.717) is 28.5 Å². The van der Waals surface area contributed by atoms with Crippen molar-refractivity contribution in [3.05, 3.63) is 94.7 Å². The number of rotatable bonds is 5. The molecule has 6 nitrogen and oxygen atoms in total. The van der Waals surface area contributed by atoms with Crippen LogP contribution in [-0.4, -0.2) is 16.0 Å². The molecule has 2 heterocycles. The fraction of sp³-hybridized carbons (Fsp3) is 0.217. The molecule has 2 unspecified atom stereocenters. The SMILES string of the molecule is NC(C1=COC=C(C2=CC=CCC2)O1)C(N)c1cc(-c2ccc(C(F)(F)F)c(Cl)c2)ncn1. The van der Waals surface area contributed by atoms with E-state index in [-0.39, 0.29) is 0 Å². The Morgan fingerprint density at radius 3 is 2.58 bits per heavy atom. The molecule has 33 heavy (non-hydrogen) atoms. The maximum Gasteiger partial charge on any atom is 0.417 e. The van der Waals surface area contributed by atoms with Crippen LogP contribution in [0.15, 0.2) is 78.4 Å². The van der Waals surface area contributed by atoms with Crippen LogP contribution in [0.25, 0.3) is 11.3 Å². The molecular formula is C23H20ClF3N4O2. The van der Waals surface area contributed by atoms with E-state index in [1.54, 1.807) is 6.07 Å². The number of halogens is 4. The van der Waals surface area contributed by atoms with E-state index in [9.17, 15) is 13.2 Å². The summed E-state index contributed by atoms with van der Waals surface area (Å²) in [7, 11) is 0. The van der Waals surface area contributed by atoms with E-state index >= 15 is 0 Å². The third kappa shape index (κ3) is 5.11. The van der Waals surface area contributed by atoms with Crippen molar-refractivity contribution in [2.45, 2.75) is 31.1 Å². The Bertz CT molecular complexity index is 1170. The van der Waals surface area contributed by atoms with E-state index in [1.165, 1.54) is 31.0 Å². The molecule has 0 saturated heterocycles. The average Bonchev–Trinajstić information content (AvgIpc) is 2.83. The maximum absolute atomic E-state index is 13.0. The second kappa shape index (κ2) is 9.38. The first-order chi connectivity index (χ1) is 15.7. The minimum Gasteiger partial charge on any atom is -0.465 e. The molecule has 172 valence electrons. The van der Waals surface area contributed by atoms with Gasteiger partial charge < -0.3 is 20.9 Å². The normalized spacial score (nSPS) is 17.8. The van der Waals surface area contributed by atoms with Crippen LogP contribution in [0.2, 0.25) is 5.02 Å². The molecular weight excluding hydrogens is 457 g/mol. The molecule has 0 radical (unpaired) electrons. The molecule has 1 aliphatic heterocycles. The molecule has 4 rings (SSSR count). The van der Waals surface area contributed by atoms with Crippen molar-refractivity contribution in [1.82, 2.24) is 9.97 Å². The summed E-state index contributed by atoms with van der Waals surface area (Å²) in [6.07, 6.45) is 7.26. The quantitative estimate of drug-likeness (QED) is 0.619. The minimum absolute atomic E-state index is 0.327. The summed E-state index contributed by atoms with van der Waals surface area (Å²) in [5.41, 5.74) is 13.8. The third-order valence-corrected chi connectivity index (χ3v) is 5.55. The Kier molecular flexibility index (Phi) is 6.55. The molecule has 1 aliphatic carbocycles. The number of hydrogen-bond acceptors (Lipinski definition) is 6. The van der Waals surface area contributed by atoms with Crippen LogP contribution in [-0.2, 0) is 15.7 Å². The molecule has 0 fully saturated rings. The number of hydrogen-bond donors (Lipinski definition) is 2. The molecule has 2 aromatic rings. The molecule has 0 spiro atoms. The molecule has 0 amide bonds. The summed E-state index contributed by atoms with van der Waals surface area (Å²) in [6.45, 7) is 0. The van der Waals surface area contributed by atoms with E-state index in [1.807, 2.05) is 12.2 Å². The fourth-order valence-electron chi connectivity index (χ4n) is 3.41. The lowest BCUT2D eigenvalue weighted by Gasteiger charge is -2.26. The van der Waals surface area contributed by atoms with Crippen molar-refractivity contribution in [2.24, 2.45) is 11.5 Å². The highest BCUT2D eigenvalue weighted by Crippen LogP contribution is 2.37. The van der Waals surface area contributed by atoms with Gasteiger partial charge >= 0.3 is 6.18 Å². The van der Waals surface area contributed by atoms with Gasteiger partial charge in [0.15, 0.2) is 11.5 Å².